The molecule has 0 spiro atoms. The molecule has 3 N–H and O–H groups in total. The highest BCUT2D eigenvalue weighted by molar-refractivity contribution is 7.47. The molecular weight excluding hydrogens is 1040 g/mol. The topological polar surface area (TPSA) is 105 Å². The second-order valence-electron chi connectivity index (χ2n) is 24.5. The van der Waals surface area contributed by atoms with Gasteiger partial charge in [0.15, 0.2) is 0 Å². The average Bonchev–Trinajstić information content (AvgIpc) is 3.49. The molecule has 0 bridgehead atoms. The molecule has 0 aromatic rings. The standard InChI is InChI=1S/C74H133N2O6P/c1-6-8-10-12-14-16-18-20-22-24-26-28-30-32-34-35-36-37-38-39-40-41-42-44-46-48-50-52-54-56-58-60-62-64-66-68-74(78)75-72(71-82-83(79,80)81-70-69-76(3,4)5)73(77)67-65-63-61-59-57-55-53-51-49-47-45-43-33-31-29-27-25-23-21-19-17-15-13-11-9-7-2/h8,10,14,16,20,22,26,28,32,34,36-37,39-40,57,59,65,67,72-73,77H,6-7,9,11-13,15,17-19,21,23-25,27,29-31,33,35,38,41-56,58,60-64,66,68-71H2,1-5H3,(H-,75,78,79,80)/p+1/b10-8-,16-14-,22-20-,28-26-,34-32-,37-36-,40-39-,59-57+,67-65+. The summed E-state index contributed by atoms with van der Waals surface area (Å²) in [5.74, 6) is -0.189. The van der Waals surface area contributed by atoms with Crippen LogP contribution in [-0.4, -0.2) is 73.4 Å². The maximum atomic E-state index is 13.0. The van der Waals surface area contributed by atoms with Crippen LogP contribution >= 0.6 is 7.82 Å². The molecule has 0 aliphatic carbocycles. The van der Waals surface area contributed by atoms with E-state index in [1.165, 1.54) is 199 Å². The van der Waals surface area contributed by atoms with E-state index in [4.69, 9.17) is 9.05 Å². The summed E-state index contributed by atoms with van der Waals surface area (Å²) in [7, 11) is 1.55. The van der Waals surface area contributed by atoms with Gasteiger partial charge in [-0.3, -0.25) is 13.8 Å². The third-order valence-electron chi connectivity index (χ3n) is 15.2. The van der Waals surface area contributed by atoms with Crippen molar-refractivity contribution in [2.75, 3.05) is 40.9 Å². The number of amides is 1. The fourth-order valence-electron chi connectivity index (χ4n) is 9.86. The lowest BCUT2D eigenvalue weighted by molar-refractivity contribution is -0.870. The SMILES string of the molecule is CC/C=C\C/C=C\C/C=C\C/C=C\C/C=C\C/C=C\C/C=C\CCCCCCCCCCCCCCCC(=O)NC(COP(=O)(O)OCC[N+](C)(C)C)C(O)/C=C/CC/C=C/CCCCCCCCCCCCCCCCCCCCCC. The molecule has 3 unspecified atom stereocenters. The van der Waals surface area contributed by atoms with E-state index in [2.05, 4.69) is 116 Å². The van der Waals surface area contributed by atoms with E-state index in [1.807, 2.05) is 27.2 Å². The zero-order chi connectivity index (χ0) is 60.5. The summed E-state index contributed by atoms with van der Waals surface area (Å²) in [5, 5.41) is 14.0. The quantitative estimate of drug-likeness (QED) is 0.0243. The minimum absolute atomic E-state index is 0.0522. The Bertz CT molecular complexity index is 1720. The van der Waals surface area contributed by atoms with Gasteiger partial charge in [0.1, 0.15) is 13.2 Å². The van der Waals surface area contributed by atoms with Crippen LogP contribution in [-0.2, 0) is 18.4 Å². The molecule has 83 heavy (non-hydrogen) atoms. The third kappa shape index (κ3) is 66.5. The van der Waals surface area contributed by atoms with E-state index in [0.717, 1.165) is 83.5 Å². The molecule has 0 fully saturated rings. The number of likely N-dealkylation sites (N-methyl/N-ethyl adjacent to an activating group) is 1. The van der Waals surface area contributed by atoms with Crippen LogP contribution in [0.2, 0.25) is 0 Å². The highest BCUT2D eigenvalue weighted by Crippen LogP contribution is 2.43. The number of carbonyl (C=O) groups is 1. The fourth-order valence-corrected chi connectivity index (χ4v) is 10.6. The van der Waals surface area contributed by atoms with Crippen molar-refractivity contribution < 1.29 is 32.9 Å². The van der Waals surface area contributed by atoms with Gasteiger partial charge in [0.25, 0.3) is 0 Å². The van der Waals surface area contributed by atoms with Crippen LogP contribution in [0, 0.1) is 0 Å². The van der Waals surface area contributed by atoms with Gasteiger partial charge in [0, 0.05) is 6.42 Å². The van der Waals surface area contributed by atoms with Crippen molar-refractivity contribution >= 4 is 13.7 Å². The largest absolute Gasteiger partial charge is 0.472 e. The predicted octanol–water partition coefficient (Wildman–Crippen LogP) is 22.3. The Morgan fingerprint density at radius 2 is 0.735 bits per heavy atom. The Morgan fingerprint density at radius 1 is 0.422 bits per heavy atom. The monoisotopic (exact) mass is 1180 g/mol. The minimum atomic E-state index is -4.37. The molecule has 0 aliphatic heterocycles. The van der Waals surface area contributed by atoms with Crippen LogP contribution < -0.4 is 5.32 Å². The smallest absolute Gasteiger partial charge is 0.387 e. The molecule has 8 nitrogen and oxygen atoms in total. The number of nitrogens with one attached hydrogen (secondary N) is 1. The first-order chi connectivity index (χ1) is 40.5. The number of quaternary nitrogens is 1. The number of hydrogen-bond donors (Lipinski definition) is 3. The van der Waals surface area contributed by atoms with Crippen molar-refractivity contribution in [3.05, 3.63) is 109 Å². The summed E-state index contributed by atoms with van der Waals surface area (Å²) in [4.78, 5) is 23.4. The van der Waals surface area contributed by atoms with Gasteiger partial charge in [-0.2, -0.15) is 0 Å². The number of rotatable bonds is 63. The molecule has 0 aromatic carbocycles. The van der Waals surface area contributed by atoms with E-state index in [9.17, 15) is 19.4 Å². The van der Waals surface area contributed by atoms with Gasteiger partial charge < -0.3 is 19.8 Å². The zero-order valence-electron chi connectivity index (χ0n) is 54.9. The molecule has 0 radical (unpaired) electrons. The van der Waals surface area contributed by atoms with E-state index in [1.54, 1.807) is 6.08 Å². The zero-order valence-corrected chi connectivity index (χ0v) is 55.8. The summed E-state index contributed by atoms with van der Waals surface area (Å²) in [6, 6.07) is -0.872. The maximum Gasteiger partial charge on any atom is 0.472 e. The Hall–Kier alpha value is -2.84. The Balaban J connectivity index is 4.13. The first-order valence-electron chi connectivity index (χ1n) is 34.8. The highest BCUT2D eigenvalue weighted by Gasteiger charge is 2.28. The van der Waals surface area contributed by atoms with Crippen LogP contribution in [0.25, 0.3) is 0 Å². The lowest BCUT2D eigenvalue weighted by Crippen LogP contribution is -2.45. The molecule has 0 heterocycles. The molecule has 0 aliphatic rings. The van der Waals surface area contributed by atoms with Gasteiger partial charge in [-0.25, -0.2) is 4.57 Å². The highest BCUT2D eigenvalue weighted by atomic mass is 31.2. The number of phosphoric acid groups is 1. The number of unbranched alkanes of at least 4 members (excludes halogenated alkanes) is 34. The van der Waals surface area contributed by atoms with Crippen LogP contribution in [0.5, 0.6) is 0 Å². The van der Waals surface area contributed by atoms with Crippen molar-refractivity contribution in [1.29, 1.82) is 0 Å². The van der Waals surface area contributed by atoms with Gasteiger partial charge in [-0.15, -0.1) is 0 Å². The van der Waals surface area contributed by atoms with Crippen LogP contribution in [0.15, 0.2) is 109 Å². The molecule has 0 aromatic heterocycles. The van der Waals surface area contributed by atoms with E-state index in [0.29, 0.717) is 17.4 Å². The summed E-state index contributed by atoms with van der Waals surface area (Å²) in [5.41, 5.74) is 0. The Kier molecular flexibility index (Phi) is 61.5. The summed E-state index contributed by atoms with van der Waals surface area (Å²) in [6.07, 6.45) is 93.7. The van der Waals surface area contributed by atoms with Gasteiger partial charge in [0.2, 0.25) is 5.91 Å². The first-order valence-corrected chi connectivity index (χ1v) is 36.3. The number of carbonyl (C=O) groups excluding carboxylic acids is 1. The molecule has 1 amide bonds. The van der Waals surface area contributed by atoms with Crippen LogP contribution in [0.4, 0.5) is 0 Å². The number of phosphoric ester groups is 1. The predicted molar refractivity (Wildman–Crippen MR) is 364 cm³/mol. The van der Waals surface area contributed by atoms with Gasteiger partial charge in [-0.1, -0.05) is 316 Å². The maximum absolute atomic E-state index is 13.0. The van der Waals surface area contributed by atoms with Crippen molar-refractivity contribution in [3.63, 3.8) is 0 Å². The third-order valence-corrected chi connectivity index (χ3v) is 16.2. The lowest BCUT2D eigenvalue weighted by atomic mass is 10.0. The van der Waals surface area contributed by atoms with Gasteiger partial charge >= 0.3 is 7.82 Å². The summed E-state index contributed by atoms with van der Waals surface area (Å²) < 4.78 is 23.8. The van der Waals surface area contributed by atoms with Crippen molar-refractivity contribution in [2.45, 2.75) is 315 Å². The summed E-state index contributed by atoms with van der Waals surface area (Å²) >= 11 is 0. The van der Waals surface area contributed by atoms with E-state index < -0.39 is 20.0 Å². The molecule has 0 saturated carbocycles. The fraction of sp³-hybridized carbons (Fsp3) is 0.743. The average molecular weight is 1180 g/mol. The number of aliphatic hydroxyl groups excluding tert-OH is 1. The second kappa shape index (κ2) is 63.7. The number of hydrogen-bond acceptors (Lipinski definition) is 5. The Morgan fingerprint density at radius 3 is 1.11 bits per heavy atom. The van der Waals surface area contributed by atoms with Gasteiger partial charge in [0.05, 0.1) is 39.9 Å². The Labute approximate surface area is 514 Å². The lowest BCUT2D eigenvalue weighted by Gasteiger charge is -2.25. The van der Waals surface area contributed by atoms with Crippen LogP contribution in [0.3, 0.4) is 0 Å². The summed E-state index contributed by atoms with van der Waals surface area (Å²) in [6.45, 7) is 4.70. The molecule has 0 rings (SSSR count). The first kappa shape index (κ1) is 80.2. The number of nitrogens with zero attached hydrogens (tertiary/aromatic N) is 1. The minimum Gasteiger partial charge on any atom is -0.387 e. The van der Waals surface area contributed by atoms with Crippen LogP contribution in [0.1, 0.15) is 303 Å². The molecule has 9 heteroatoms. The van der Waals surface area contributed by atoms with E-state index >= 15 is 0 Å². The second-order valence-corrected chi connectivity index (χ2v) is 26.0. The van der Waals surface area contributed by atoms with Crippen molar-refractivity contribution in [3.8, 4) is 0 Å². The number of allylic oxidation sites excluding steroid dienone is 17. The number of aliphatic hydroxyl groups is 1. The molecule has 480 valence electrons. The van der Waals surface area contributed by atoms with Crippen molar-refractivity contribution in [2.24, 2.45) is 0 Å². The molecule has 3 atom stereocenters. The van der Waals surface area contributed by atoms with Crippen molar-refractivity contribution in [1.82, 2.24) is 5.32 Å². The van der Waals surface area contributed by atoms with Gasteiger partial charge in [-0.05, 0) is 89.9 Å². The normalized spacial score (nSPS) is 14.3. The molecular formula is C74H134N2O6P+. The van der Waals surface area contributed by atoms with E-state index in [-0.39, 0.29) is 19.1 Å². The molecule has 0 saturated heterocycles.